The summed E-state index contributed by atoms with van der Waals surface area (Å²) in [7, 11) is 0. The van der Waals surface area contributed by atoms with E-state index in [4.69, 9.17) is 16.0 Å². The number of fused-ring (bicyclic) bond motifs is 1. The first-order valence-electron chi connectivity index (χ1n) is 7.97. The minimum Gasteiger partial charge on any atom is -0.472 e. The van der Waals surface area contributed by atoms with Crippen LogP contribution in [0.3, 0.4) is 0 Å². The maximum Gasteiger partial charge on any atom is 0.260 e. The van der Waals surface area contributed by atoms with Gasteiger partial charge in [-0.1, -0.05) is 29.0 Å². The van der Waals surface area contributed by atoms with E-state index in [-0.39, 0.29) is 11.8 Å². The minimum absolute atomic E-state index is 0.0597. The van der Waals surface area contributed by atoms with Gasteiger partial charge in [0.1, 0.15) is 6.26 Å². The van der Waals surface area contributed by atoms with E-state index in [2.05, 4.69) is 10.3 Å². The lowest BCUT2D eigenvalue weighted by Crippen LogP contribution is -2.35. The number of amides is 2. The largest absolute Gasteiger partial charge is 0.472 e. The number of thiazole rings is 1. The second-order valence-corrected chi connectivity index (χ2v) is 7.36. The van der Waals surface area contributed by atoms with Gasteiger partial charge in [0.25, 0.3) is 11.8 Å². The number of hydrogen-bond donors (Lipinski definition) is 1. The Morgan fingerprint density at radius 1 is 1.27 bits per heavy atom. The molecule has 1 aliphatic rings. The van der Waals surface area contributed by atoms with Gasteiger partial charge >= 0.3 is 0 Å². The molecule has 0 saturated heterocycles. The molecule has 132 valence electrons. The Morgan fingerprint density at radius 2 is 2.15 bits per heavy atom. The molecule has 0 spiro atoms. The molecular formula is C18H14ClN3O3S. The SMILES string of the molecule is O=C(Nc1nc2c(s1)CN(C(=O)c1cccc(Cl)c1)CC2)c1ccoc1. The maximum atomic E-state index is 12.7. The average molecular weight is 388 g/mol. The summed E-state index contributed by atoms with van der Waals surface area (Å²) in [5, 5.41) is 3.84. The van der Waals surface area contributed by atoms with Crippen LogP contribution in [0.25, 0.3) is 0 Å². The summed E-state index contributed by atoms with van der Waals surface area (Å²) >= 11 is 7.36. The second kappa shape index (κ2) is 6.93. The van der Waals surface area contributed by atoms with Gasteiger partial charge in [-0.05, 0) is 24.3 Å². The number of anilines is 1. The lowest BCUT2D eigenvalue weighted by atomic mass is 10.1. The van der Waals surface area contributed by atoms with Gasteiger partial charge in [0, 0.05) is 28.4 Å². The summed E-state index contributed by atoms with van der Waals surface area (Å²) in [6, 6.07) is 8.52. The zero-order valence-corrected chi connectivity index (χ0v) is 15.1. The number of aromatic nitrogens is 1. The molecule has 26 heavy (non-hydrogen) atoms. The van der Waals surface area contributed by atoms with Crippen LogP contribution in [0.2, 0.25) is 5.02 Å². The van der Waals surface area contributed by atoms with Gasteiger partial charge < -0.3 is 9.32 Å². The van der Waals surface area contributed by atoms with Crippen LogP contribution in [0, 0.1) is 0 Å². The number of carbonyl (C=O) groups is 2. The Bertz CT molecular complexity index is 968. The smallest absolute Gasteiger partial charge is 0.260 e. The summed E-state index contributed by atoms with van der Waals surface area (Å²) in [4.78, 5) is 32.0. The summed E-state index contributed by atoms with van der Waals surface area (Å²) in [5.74, 6) is -0.327. The highest BCUT2D eigenvalue weighted by atomic mass is 35.5. The summed E-state index contributed by atoms with van der Waals surface area (Å²) in [6.45, 7) is 1.05. The molecule has 1 aromatic carbocycles. The van der Waals surface area contributed by atoms with E-state index in [9.17, 15) is 9.59 Å². The fraction of sp³-hybridized carbons (Fsp3) is 0.167. The zero-order chi connectivity index (χ0) is 18.1. The minimum atomic E-state index is -0.267. The lowest BCUT2D eigenvalue weighted by molar-refractivity contribution is 0.0736. The van der Waals surface area contributed by atoms with Crippen LogP contribution < -0.4 is 5.32 Å². The lowest BCUT2D eigenvalue weighted by Gasteiger charge is -2.26. The van der Waals surface area contributed by atoms with Gasteiger partial charge in [0.2, 0.25) is 0 Å². The van der Waals surface area contributed by atoms with Gasteiger partial charge in [-0.25, -0.2) is 4.98 Å². The molecule has 0 atom stereocenters. The summed E-state index contributed by atoms with van der Waals surface area (Å²) < 4.78 is 4.91. The number of benzene rings is 1. The Labute approximate surface area is 158 Å². The van der Waals surface area contributed by atoms with E-state index >= 15 is 0 Å². The van der Waals surface area contributed by atoms with Crippen molar-refractivity contribution in [3.63, 3.8) is 0 Å². The zero-order valence-electron chi connectivity index (χ0n) is 13.6. The fourth-order valence-electron chi connectivity index (χ4n) is 2.79. The van der Waals surface area contributed by atoms with Crippen LogP contribution in [-0.2, 0) is 13.0 Å². The molecule has 3 heterocycles. The first kappa shape index (κ1) is 16.8. The van der Waals surface area contributed by atoms with Crippen LogP contribution in [-0.4, -0.2) is 28.2 Å². The highest BCUT2D eigenvalue weighted by molar-refractivity contribution is 7.15. The van der Waals surface area contributed by atoms with Crippen molar-refractivity contribution >= 4 is 39.9 Å². The van der Waals surface area contributed by atoms with Crippen molar-refractivity contribution in [2.45, 2.75) is 13.0 Å². The van der Waals surface area contributed by atoms with E-state index in [1.165, 1.54) is 23.9 Å². The highest BCUT2D eigenvalue weighted by Gasteiger charge is 2.25. The molecule has 8 heteroatoms. The van der Waals surface area contributed by atoms with Crippen molar-refractivity contribution in [2.24, 2.45) is 0 Å². The van der Waals surface area contributed by atoms with Gasteiger partial charge in [0.15, 0.2) is 5.13 Å². The number of rotatable bonds is 3. The van der Waals surface area contributed by atoms with E-state index in [0.717, 1.165) is 10.6 Å². The first-order valence-corrected chi connectivity index (χ1v) is 9.16. The number of carbonyl (C=O) groups excluding carboxylic acids is 2. The normalized spacial score (nSPS) is 13.3. The summed E-state index contributed by atoms with van der Waals surface area (Å²) in [5.41, 5.74) is 1.93. The van der Waals surface area contributed by atoms with E-state index in [1.807, 2.05) is 0 Å². The first-order chi connectivity index (χ1) is 12.6. The van der Waals surface area contributed by atoms with Gasteiger partial charge in [-0.2, -0.15) is 0 Å². The number of halogens is 1. The molecule has 0 saturated carbocycles. The van der Waals surface area contributed by atoms with Crippen molar-refractivity contribution in [1.29, 1.82) is 0 Å². The van der Waals surface area contributed by atoms with Crippen LogP contribution >= 0.6 is 22.9 Å². The standard InChI is InChI=1S/C18H14ClN3O3S/c19-13-3-1-2-11(8-13)17(24)22-6-4-14-15(9-22)26-18(20-14)21-16(23)12-5-7-25-10-12/h1-3,5,7-8,10H,4,6,9H2,(H,20,21,23). The van der Waals surface area contributed by atoms with E-state index in [0.29, 0.717) is 40.8 Å². The van der Waals surface area contributed by atoms with Gasteiger partial charge in [-0.3, -0.25) is 14.9 Å². The molecule has 0 radical (unpaired) electrons. The van der Waals surface area contributed by atoms with Crippen molar-refractivity contribution in [1.82, 2.24) is 9.88 Å². The van der Waals surface area contributed by atoms with E-state index in [1.54, 1.807) is 35.2 Å². The van der Waals surface area contributed by atoms with Crippen molar-refractivity contribution in [3.8, 4) is 0 Å². The topological polar surface area (TPSA) is 75.4 Å². The van der Waals surface area contributed by atoms with E-state index < -0.39 is 0 Å². The Morgan fingerprint density at radius 3 is 2.92 bits per heavy atom. The molecule has 4 rings (SSSR count). The third-order valence-electron chi connectivity index (χ3n) is 4.09. The number of nitrogens with zero attached hydrogens (tertiary/aromatic N) is 2. The molecule has 3 aromatic rings. The predicted octanol–water partition coefficient (Wildman–Crippen LogP) is 3.84. The molecule has 2 amide bonds. The Balaban J connectivity index is 1.48. The van der Waals surface area contributed by atoms with Crippen LogP contribution in [0.1, 0.15) is 31.3 Å². The van der Waals surface area contributed by atoms with Gasteiger partial charge in [-0.15, -0.1) is 0 Å². The van der Waals surface area contributed by atoms with Crippen LogP contribution in [0.5, 0.6) is 0 Å². The molecule has 0 bridgehead atoms. The predicted molar refractivity (Wildman–Crippen MR) is 98.7 cm³/mol. The third kappa shape index (κ3) is 3.36. The highest BCUT2D eigenvalue weighted by Crippen LogP contribution is 2.29. The molecule has 0 fully saturated rings. The molecular weight excluding hydrogens is 374 g/mol. The average Bonchev–Trinajstić information content (AvgIpc) is 3.29. The van der Waals surface area contributed by atoms with Crippen molar-refractivity contribution < 1.29 is 14.0 Å². The molecule has 6 nitrogen and oxygen atoms in total. The van der Waals surface area contributed by atoms with Crippen LogP contribution in [0.15, 0.2) is 47.3 Å². The molecule has 0 unspecified atom stereocenters. The Hall–Kier alpha value is -2.64. The molecule has 1 aliphatic heterocycles. The fourth-order valence-corrected chi connectivity index (χ4v) is 4.00. The van der Waals surface area contributed by atoms with Crippen molar-refractivity contribution in [2.75, 3.05) is 11.9 Å². The van der Waals surface area contributed by atoms with Crippen molar-refractivity contribution in [3.05, 3.63) is 69.6 Å². The number of hydrogen-bond acceptors (Lipinski definition) is 5. The number of furan rings is 1. The van der Waals surface area contributed by atoms with Crippen LogP contribution in [0.4, 0.5) is 5.13 Å². The quantitative estimate of drug-likeness (QED) is 0.740. The van der Waals surface area contributed by atoms with Gasteiger partial charge in [0.05, 0.1) is 24.1 Å². The number of nitrogens with one attached hydrogen (secondary N) is 1. The molecule has 0 aliphatic carbocycles. The maximum absolute atomic E-state index is 12.7. The molecule has 2 aromatic heterocycles. The monoisotopic (exact) mass is 387 g/mol. The molecule has 1 N–H and O–H groups in total. The Kier molecular flexibility index (Phi) is 4.48. The summed E-state index contributed by atoms with van der Waals surface area (Å²) in [6.07, 6.45) is 3.48. The second-order valence-electron chi connectivity index (χ2n) is 5.84. The third-order valence-corrected chi connectivity index (χ3v) is 5.33.